The third-order valence-electron chi connectivity index (χ3n) is 3.40. The summed E-state index contributed by atoms with van der Waals surface area (Å²) < 4.78 is 0. The summed E-state index contributed by atoms with van der Waals surface area (Å²) in [6.45, 7) is 8.36. The van der Waals surface area contributed by atoms with Gasteiger partial charge in [-0.1, -0.05) is 52.0 Å². The Hall–Kier alpha value is -1.44. The van der Waals surface area contributed by atoms with E-state index >= 15 is 0 Å². The van der Waals surface area contributed by atoms with E-state index in [2.05, 4.69) is 32.9 Å². The highest BCUT2D eigenvalue weighted by molar-refractivity contribution is 5.59. The highest BCUT2D eigenvalue weighted by Gasteiger charge is 2.19. The zero-order valence-corrected chi connectivity index (χ0v) is 11.6. The Morgan fingerprint density at radius 2 is 1.67 bits per heavy atom. The van der Waals surface area contributed by atoms with Crippen LogP contribution >= 0.6 is 0 Å². The van der Waals surface area contributed by atoms with Gasteiger partial charge in [-0.05, 0) is 22.5 Å². The van der Waals surface area contributed by atoms with Crippen LogP contribution in [0.3, 0.4) is 0 Å². The summed E-state index contributed by atoms with van der Waals surface area (Å²) >= 11 is 0. The molecule has 0 N–H and O–H groups in total. The lowest BCUT2D eigenvalue weighted by Gasteiger charge is -2.22. The van der Waals surface area contributed by atoms with E-state index in [4.69, 9.17) is 0 Å². The van der Waals surface area contributed by atoms with Crippen LogP contribution in [0.15, 0.2) is 24.3 Å². The fourth-order valence-electron chi connectivity index (χ4n) is 2.08. The van der Waals surface area contributed by atoms with E-state index in [-0.39, 0.29) is 17.3 Å². The van der Waals surface area contributed by atoms with Gasteiger partial charge in [0.1, 0.15) is 12.6 Å². The average Bonchev–Trinajstić information content (AvgIpc) is 2.34. The molecule has 0 aliphatic carbocycles. The number of aldehydes is 2. The van der Waals surface area contributed by atoms with Crippen LogP contribution < -0.4 is 0 Å². The molecule has 0 saturated heterocycles. The molecule has 18 heavy (non-hydrogen) atoms. The van der Waals surface area contributed by atoms with Crippen LogP contribution in [0, 0.1) is 5.92 Å². The second-order valence-corrected chi connectivity index (χ2v) is 5.88. The first kappa shape index (κ1) is 14.6. The van der Waals surface area contributed by atoms with Crippen molar-refractivity contribution in [2.45, 2.75) is 45.4 Å². The molecule has 0 fully saturated rings. The first-order chi connectivity index (χ1) is 8.40. The van der Waals surface area contributed by atoms with Crippen LogP contribution in [-0.4, -0.2) is 12.6 Å². The topological polar surface area (TPSA) is 34.1 Å². The van der Waals surface area contributed by atoms with E-state index in [0.29, 0.717) is 6.42 Å². The molecule has 0 aliphatic heterocycles. The van der Waals surface area contributed by atoms with Crippen molar-refractivity contribution in [2.24, 2.45) is 5.92 Å². The molecule has 0 amide bonds. The maximum atomic E-state index is 10.9. The number of carbonyl (C=O) groups is 2. The van der Waals surface area contributed by atoms with E-state index in [1.165, 1.54) is 5.56 Å². The average molecular weight is 246 g/mol. The molecule has 0 spiro atoms. The van der Waals surface area contributed by atoms with Gasteiger partial charge in [-0.25, -0.2) is 0 Å². The van der Waals surface area contributed by atoms with Crippen LogP contribution in [0.2, 0.25) is 0 Å². The van der Waals surface area contributed by atoms with Crippen molar-refractivity contribution in [3.05, 3.63) is 35.4 Å². The van der Waals surface area contributed by atoms with Gasteiger partial charge in [0.15, 0.2) is 0 Å². The fourth-order valence-corrected chi connectivity index (χ4v) is 2.08. The molecular formula is C16H22O2. The quantitative estimate of drug-likeness (QED) is 0.745. The minimum absolute atomic E-state index is 0.00554. The second-order valence-electron chi connectivity index (χ2n) is 5.88. The zero-order chi connectivity index (χ0) is 13.8. The van der Waals surface area contributed by atoms with E-state index in [9.17, 15) is 9.59 Å². The van der Waals surface area contributed by atoms with Crippen molar-refractivity contribution >= 4 is 12.6 Å². The van der Waals surface area contributed by atoms with E-state index < -0.39 is 0 Å². The van der Waals surface area contributed by atoms with Crippen molar-refractivity contribution in [2.75, 3.05) is 0 Å². The molecule has 0 bridgehead atoms. The molecule has 0 heterocycles. The molecule has 1 aromatic carbocycles. The number of benzene rings is 1. The van der Waals surface area contributed by atoms with Crippen molar-refractivity contribution in [1.82, 2.24) is 0 Å². The standard InChI is InChI=1S/C16H22O2/c1-12(11-18)15(9-10-17)13-5-7-14(8-6-13)16(2,3)4/h5-8,10-12,15H,9H2,1-4H3. The van der Waals surface area contributed by atoms with Crippen molar-refractivity contribution < 1.29 is 9.59 Å². The van der Waals surface area contributed by atoms with Crippen LogP contribution in [-0.2, 0) is 15.0 Å². The van der Waals surface area contributed by atoms with Crippen LogP contribution in [0.1, 0.15) is 51.2 Å². The fraction of sp³-hybridized carbons (Fsp3) is 0.500. The zero-order valence-electron chi connectivity index (χ0n) is 11.6. The Morgan fingerprint density at radius 1 is 1.11 bits per heavy atom. The van der Waals surface area contributed by atoms with E-state index in [1.54, 1.807) is 0 Å². The van der Waals surface area contributed by atoms with Gasteiger partial charge >= 0.3 is 0 Å². The summed E-state index contributed by atoms with van der Waals surface area (Å²) in [6, 6.07) is 8.25. The van der Waals surface area contributed by atoms with Crippen LogP contribution in [0.4, 0.5) is 0 Å². The molecule has 0 saturated carbocycles. The number of carbonyl (C=O) groups excluding carboxylic acids is 2. The van der Waals surface area contributed by atoms with E-state index in [0.717, 1.165) is 18.1 Å². The van der Waals surface area contributed by atoms with E-state index in [1.807, 2.05) is 19.1 Å². The molecule has 2 nitrogen and oxygen atoms in total. The Balaban J connectivity index is 3.00. The first-order valence-electron chi connectivity index (χ1n) is 6.39. The van der Waals surface area contributed by atoms with Gasteiger partial charge in [-0.15, -0.1) is 0 Å². The molecule has 2 unspecified atom stereocenters. The largest absolute Gasteiger partial charge is 0.303 e. The van der Waals surface area contributed by atoms with Crippen molar-refractivity contribution in [3.63, 3.8) is 0 Å². The summed E-state index contributed by atoms with van der Waals surface area (Å²) in [4.78, 5) is 21.6. The maximum absolute atomic E-state index is 10.9. The molecule has 2 heteroatoms. The minimum atomic E-state index is -0.129. The van der Waals surface area contributed by atoms with Gasteiger partial charge in [-0.3, -0.25) is 0 Å². The number of hydrogen-bond donors (Lipinski definition) is 0. The second kappa shape index (κ2) is 5.94. The highest BCUT2D eigenvalue weighted by Crippen LogP contribution is 2.29. The Kier molecular flexibility index (Phi) is 4.83. The Bertz CT molecular complexity index is 398. The summed E-state index contributed by atoms with van der Waals surface area (Å²) in [7, 11) is 0. The van der Waals surface area contributed by atoms with Crippen LogP contribution in [0.5, 0.6) is 0 Å². The lowest BCUT2D eigenvalue weighted by atomic mass is 9.82. The first-order valence-corrected chi connectivity index (χ1v) is 6.39. The molecular weight excluding hydrogens is 224 g/mol. The predicted octanol–water partition coefficient (Wildman–Crippen LogP) is 3.49. The monoisotopic (exact) mass is 246 g/mol. The highest BCUT2D eigenvalue weighted by atomic mass is 16.1. The summed E-state index contributed by atoms with van der Waals surface area (Å²) in [5.74, 6) is -0.135. The Labute approximate surface area is 109 Å². The van der Waals surface area contributed by atoms with Gasteiger partial charge in [0.25, 0.3) is 0 Å². The lowest BCUT2D eigenvalue weighted by Crippen LogP contribution is -2.14. The number of hydrogen-bond acceptors (Lipinski definition) is 2. The predicted molar refractivity (Wildman–Crippen MR) is 73.8 cm³/mol. The Morgan fingerprint density at radius 3 is 2.06 bits per heavy atom. The summed E-state index contributed by atoms with van der Waals surface area (Å²) in [5.41, 5.74) is 2.44. The van der Waals surface area contributed by atoms with Gasteiger partial charge in [0, 0.05) is 12.3 Å². The summed E-state index contributed by atoms with van der Waals surface area (Å²) in [6.07, 6.45) is 2.21. The van der Waals surface area contributed by atoms with Gasteiger partial charge < -0.3 is 9.59 Å². The third-order valence-corrected chi connectivity index (χ3v) is 3.40. The van der Waals surface area contributed by atoms with Gasteiger partial charge in [0.05, 0.1) is 0 Å². The SMILES string of the molecule is CC(C=O)C(CC=O)c1ccc(C(C)(C)C)cc1. The van der Waals surface area contributed by atoms with Crippen LogP contribution in [0.25, 0.3) is 0 Å². The molecule has 98 valence electrons. The van der Waals surface area contributed by atoms with Gasteiger partial charge in [-0.2, -0.15) is 0 Å². The number of rotatable bonds is 5. The molecule has 0 aliphatic rings. The normalized spacial score (nSPS) is 14.9. The lowest BCUT2D eigenvalue weighted by molar-refractivity contribution is -0.112. The maximum Gasteiger partial charge on any atom is 0.123 e. The third kappa shape index (κ3) is 3.52. The smallest absolute Gasteiger partial charge is 0.123 e. The molecule has 1 rings (SSSR count). The molecule has 0 radical (unpaired) electrons. The molecule has 1 aromatic rings. The van der Waals surface area contributed by atoms with Crippen molar-refractivity contribution in [3.8, 4) is 0 Å². The minimum Gasteiger partial charge on any atom is -0.303 e. The molecule has 0 aromatic heterocycles. The molecule has 2 atom stereocenters. The summed E-state index contributed by atoms with van der Waals surface area (Å²) in [5, 5.41) is 0. The van der Waals surface area contributed by atoms with Crippen molar-refractivity contribution in [1.29, 1.82) is 0 Å². The van der Waals surface area contributed by atoms with Gasteiger partial charge in [0.2, 0.25) is 0 Å².